The molecule has 0 bridgehead atoms. The summed E-state index contributed by atoms with van der Waals surface area (Å²) in [6, 6.07) is 6.14. The highest BCUT2D eigenvalue weighted by Gasteiger charge is 2.08. The Morgan fingerprint density at radius 2 is 2.19 bits per heavy atom. The largest absolute Gasteiger partial charge is 0.342 e. The van der Waals surface area contributed by atoms with Crippen LogP contribution >= 0.6 is 0 Å². The van der Waals surface area contributed by atoms with Gasteiger partial charge in [0.15, 0.2) is 0 Å². The van der Waals surface area contributed by atoms with Crippen molar-refractivity contribution in [3.63, 3.8) is 0 Å². The normalized spacial score (nSPS) is 11.1. The number of H-pyrrole nitrogens is 1. The minimum atomic E-state index is 0.936. The summed E-state index contributed by atoms with van der Waals surface area (Å²) < 4.78 is 1.80. The van der Waals surface area contributed by atoms with Crippen LogP contribution in [0.5, 0.6) is 0 Å². The number of nitrogens with zero attached hydrogens (tertiary/aromatic N) is 3. The smallest absolute Gasteiger partial charge is 0.104 e. The van der Waals surface area contributed by atoms with Crippen molar-refractivity contribution in [2.75, 3.05) is 0 Å². The van der Waals surface area contributed by atoms with Crippen molar-refractivity contribution in [3.8, 4) is 11.1 Å². The topological polar surface area (TPSA) is 46.5 Å². The fourth-order valence-electron chi connectivity index (χ4n) is 1.95. The van der Waals surface area contributed by atoms with Gasteiger partial charge >= 0.3 is 0 Å². The highest BCUT2D eigenvalue weighted by atomic mass is 15.2. The van der Waals surface area contributed by atoms with E-state index in [1.165, 1.54) is 0 Å². The summed E-state index contributed by atoms with van der Waals surface area (Å²) in [5, 5.41) is 4.19. The molecule has 3 aromatic rings. The van der Waals surface area contributed by atoms with E-state index in [1.807, 2.05) is 38.5 Å². The lowest BCUT2D eigenvalue weighted by Crippen LogP contribution is -1.84. The first kappa shape index (κ1) is 9.15. The lowest BCUT2D eigenvalue weighted by molar-refractivity contribution is 0.768. The zero-order valence-corrected chi connectivity index (χ0v) is 9.23. The van der Waals surface area contributed by atoms with E-state index in [0.717, 1.165) is 28.0 Å². The Labute approximate surface area is 92.9 Å². The van der Waals surface area contributed by atoms with Crippen LogP contribution in [0.25, 0.3) is 22.2 Å². The Bertz CT molecular complexity index is 648. The number of hydrogen-bond donors (Lipinski definition) is 1. The molecule has 4 heteroatoms. The molecule has 0 saturated heterocycles. The molecule has 0 saturated carbocycles. The van der Waals surface area contributed by atoms with E-state index in [-0.39, 0.29) is 0 Å². The molecule has 2 heterocycles. The Kier molecular flexibility index (Phi) is 1.83. The molecule has 0 amide bonds. The number of aromatic amines is 1. The van der Waals surface area contributed by atoms with Gasteiger partial charge in [-0.05, 0) is 13.0 Å². The standard InChI is InChI=1S/C12H12N4/c1-8-14-11-5-3-4-10(12(11)15-8)9-6-13-16(2)7-9/h3-7H,1-2H3,(H,14,15). The molecule has 4 nitrogen and oxygen atoms in total. The lowest BCUT2D eigenvalue weighted by atomic mass is 10.1. The second kappa shape index (κ2) is 3.20. The second-order valence-electron chi connectivity index (χ2n) is 3.93. The number of imidazole rings is 1. The summed E-state index contributed by atoms with van der Waals surface area (Å²) in [6.45, 7) is 1.97. The number of rotatable bonds is 1. The summed E-state index contributed by atoms with van der Waals surface area (Å²) in [7, 11) is 1.92. The summed E-state index contributed by atoms with van der Waals surface area (Å²) in [5.74, 6) is 0.936. The molecule has 0 aliphatic heterocycles. The number of fused-ring (bicyclic) bond motifs is 1. The van der Waals surface area contributed by atoms with Crippen LogP contribution in [0.2, 0.25) is 0 Å². The van der Waals surface area contributed by atoms with Crippen LogP contribution in [0.4, 0.5) is 0 Å². The van der Waals surface area contributed by atoms with Gasteiger partial charge in [0.1, 0.15) is 5.82 Å². The Morgan fingerprint density at radius 3 is 2.94 bits per heavy atom. The molecule has 2 aromatic heterocycles. The van der Waals surface area contributed by atoms with Crippen molar-refractivity contribution in [2.24, 2.45) is 7.05 Å². The van der Waals surface area contributed by atoms with Gasteiger partial charge in [-0.1, -0.05) is 12.1 Å². The maximum absolute atomic E-state index is 4.51. The van der Waals surface area contributed by atoms with Gasteiger partial charge in [-0.2, -0.15) is 5.10 Å². The maximum Gasteiger partial charge on any atom is 0.104 e. The molecule has 0 unspecified atom stereocenters. The SMILES string of the molecule is Cc1nc2c(-c3cnn(C)c3)cccc2[nH]1. The van der Waals surface area contributed by atoms with Crippen molar-refractivity contribution >= 4 is 11.0 Å². The van der Waals surface area contributed by atoms with E-state index in [2.05, 4.69) is 21.1 Å². The molecular formula is C12H12N4. The molecule has 0 spiro atoms. The van der Waals surface area contributed by atoms with Gasteiger partial charge in [0.25, 0.3) is 0 Å². The molecule has 3 rings (SSSR count). The molecule has 0 atom stereocenters. The summed E-state index contributed by atoms with van der Waals surface area (Å²) >= 11 is 0. The van der Waals surface area contributed by atoms with Crippen LogP contribution in [0, 0.1) is 6.92 Å². The molecule has 80 valence electrons. The predicted octanol–water partition coefficient (Wildman–Crippen LogP) is 2.27. The van der Waals surface area contributed by atoms with Gasteiger partial charge in [-0.15, -0.1) is 0 Å². The Morgan fingerprint density at radius 1 is 1.31 bits per heavy atom. The Balaban J connectivity index is 2.30. The van der Waals surface area contributed by atoms with Gasteiger partial charge in [-0.3, -0.25) is 4.68 Å². The van der Waals surface area contributed by atoms with Crippen LogP contribution in [-0.2, 0) is 7.05 Å². The van der Waals surface area contributed by atoms with Gasteiger partial charge < -0.3 is 4.98 Å². The molecule has 0 radical (unpaired) electrons. The quantitative estimate of drug-likeness (QED) is 0.672. The first-order valence-electron chi connectivity index (χ1n) is 5.18. The molecule has 0 aliphatic rings. The molecular weight excluding hydrogens is 200 g/mol. The molecule has 1 aromatic carbocycles. The first-order chi connectivity index (χ1) is 7.74. The third kappa shape index (κ3) is 1.31. The van der Waals surface area contributed by atoms with Crippen LogP contribution in [0.3, 0.4) is 0 Å². The van der Waals surface area contributed by atoms with Gasteiger partial charge in [0, 0.05) is 24.4 Å². The molecule has 1 N–H and O–H groups in total. The number of aromatic nitrogens is 4. The zero-order chi connectivity index (χ0) is 11.1. The van der Waals surface area contributed by atoms with E-state index in [4.69, 9.17) is 0 Å². The van der Waals surface area contributed by atoms with E-state index in [9.17, 15) is 0 Å². The average molecular weight is 212 g/mol. The predicted molar refractivity (Wildman–Crippen MR) is 63.0 cm³/mol. The highest BCUT2D eigenvalue weighted by Crippen LogP contribution is 2.26. The van der Waals surface area contributed by atoms with Crippen LogP contribution in [0.15, 0.2) is 30.6 Å². The van der Waals surface area contributed by atoms with Crippen LogP contribution in [0.1, 0.15) is 5.82 Å². The third-order valence-corrected chi connectivity index (χ3v) is 2.65. The fraction of sp³-hybridized carbons (Fsp3) is 0.167. The zero-order valence-electron chi connectivity index (χ0n) is 9.23. The Hall–Kier alpha value is -2.10. The summed E-state index contributed by atoms with van der Waals surface area (Å²) in [5.41, 5.74) is 4.29. The van der Waals surface area contributed by atoms with Crippen molar-refractivity contribution < 1.29 is 0 Å². The monoisotopic (exact) mass is 212 g/mol. The fourth-order valence-corrected chi connectivity index (χ4v) is 1.95. The highest BCUT2D eigenvalue weighted by molar-refractivity contribution is 5.91. The van der Waals surface area contributed by atoms with E-state index >= 15 is 0 Å². The molecule has 0 fully saturated rings. The van der Waals surface area contributed by atoms with Crippen molar-refractivity contribution in [1.29, 1.82) is 0 Å². The molecule has 16 heavy (non-hydrogen) atoms. The van der Waals surface area contributed by atoms with Gasteiger partial charge in [-0.25, -0.2) is 4.98 Å². The first-order valence-corrected chi connectivity index (χ1v) is 5.18. The minimum Gasteiger partial charge on any atom is -0.342 e. The number of aryl methyl sites for hydroxylation is 2. The number of benzene rings is 1. The minimum absolute atomic E-state index is 0.936. The summed E-state index contributed by atoms with van der Waals surface area (Å²) in [6.07, 6.45) is 3.86. The van der Waals surface area contributed by atoms with Gasteiger partial charge in [0.05, 0.1) is 17.2 Å². The molecule has 0 aliphatic carbocycles. The van der Waals surface area contributed by atoms with Gasteiger partial charge in [0.2, 0.25) is 0 Å². The maximum atomic E-state index is 4.51. The van der Waals surface area contributed by atoms with Crippen LogP contribution < -0.4 is 0 Å². The van der Waals surface area contributed by atoms with E-state index in [1.54, 1.807) is 4.68 Å². The average Bonchev–Trinajstić information content (AvgIpc) is 2.82. The number of para-hydroxylation sites is 1. The summed E-state index contributed by atoms with van der Waals surface area (Å²) in [4.78, 5) is 7.74. The van der Waals surface area contributed by atoms with Crippen molar-refractivity contribution in [3.05, 3.63) is 36.4 Å². The third-order valence-electron chi connectivity index (χ3n) is 2.65. The van der Waals surface area contributed by atoms with Crippen molar-refractivity contribution in [2.45, 2.75) is 6.92 Å². The van der Waals surface area contributed by atoms with E-state index in [0.29, 0.717) is 0 Å². The second-order valence-corrected chi connectivity index (χ2v) is 3.93. The van der Waals surface area contributed by atoms with Crippen molar-refractivity contribution in [1.82, 2.24) is 19.7 Å². The lowest BCUT2D eigenvalue weighted by Gasteiger charge is -1.97. The van der Waals surface area contributed by atoms with Crippen LogP contribution in [-0.4, -0.2) is 19.7 Å². The number of nitrogens with one attached hydrogen (secondary N) is 1. The number of hydrogen-bond acceptors (Lipinski definition) is 2. The van der Waals surface area contributed by atoms with E-state index < -0.39 is 0 Å².